The molecule has 1 aromatic heterocycles. The number of halogens is 2. The quantitative estimate of drug-likeness (QED) is 0.856. The van der Waals surface area contributed by atoms with Gasteiger partial charge in [-0.3, -0.25) is 4.79 Å². The summed E-state index contributed by atoms with van der Waals surface area (Å²) in [5.41, 5.74) is 0.341. The fourth-order valence-electron chi connectivity index (χ4n) is 2.55. The van der Waals surface area contributed by atoms with Crippen LogP contribution in [0.5, 0.6) is 0 Å². The topological polar surface area (TPSA) is 51.0 Å². The molecular weight excluding hydrogens is 295 g/mol. The lowest BCUT2D eigenvalue weighted by atomic mass is 10.0. The van der Waals surface area contributed by atoms with Crippen molar-refractivity contribution >= 4 is 17.5 Å². The van der Waals surface area contributed by atoms with Crippen molar-refractivity contribution in [3.63, 3.8) is 0 Å². The lowest BCUT2D eigenvalue weighted by Gasteiger charge is -2.31. The maximum Gasteiger partial charge on any atom is 0.255 e. The van der Waals surface area contributed by atoms with E-state index in [-0.39, 0.29) is 17.0 Å². The normalized spacial score (nSPS) is 16.2. The van der Waals surface area contributed by atoms with Gasteiger partial charge in [0.15, 0.2) is 0 Å². The minimum atomic E-state index is -0.444. The van der Waals surface area contributed by atoms with Gasteiger partial charge in [0.2, 0.25) is 0 Å². The summed E-state index contributed by atoms with van der Waals surface area (Å²) in [7, 11) is 0. The first-order chi connectivity index (χ1) is 10.1. The van der Waals surface area contributed by atoms with Crippen LogP contribution in [0.15, 0.2) is 30.6 Å². The Morgan fingerprint density at radius 2 is 1.90 bits per heavy atom. The summed E-state index contributed by atoms with van der Waals surface area (Å²) in [5.74, 6) is -0.605. The summed E-state index contributed by atoms with van der Waals surface area (Å²) in [4.78, 5) is 15.8. The molecule has 0 spiro atoms. The van der Waals surface area contributed by atoms with E-state index in [9.17, 15) is 9.18 Å². The van der Waals surface area contributed by atoms with Crippen LogP contribution in [0.1, 0.15) is 29.2 Å². The second kappa shape index (κ2) is 5.81. The smallest absolute Gasteiger partial charge is 0.255 e. The molecule has 0 N–H and O–H groups in total. The third-order valence-corrected chi connectivity index (χ3v) is 3.99. The number of likely N-dealkylation sites (tertiary alicyclic amines) is 1. The molecule has 1 aliphatic rings. The highest BCUT2D eigenvalue weighted by Gasteiger charge is 2.26. The number of hydrogen-bond donors (Lipinski definition) is 0. The van der Waals surface area contributed by atoms with Crippen LogP contribution in [0.3, 0.4) is 0 Å². The average Bonchev–Trinajstić information content (AvgIpc) is 3.01. The van der Waals surface area contributed by atoms with Gasteiger partial charge >= 0.3 is 0 Å². The highest BCUT2D eigenvalue weighted by Crippen LogP contribution is 2.24. The summed E-state index contributed by atoms with van der Waals surface area (Å²) in [5, 5.41) is 8.41. The van der Waals surface area contributed by atoms with E-state index in [0.717, 1.165) is 18.9 Å². The van der Waals surface area contributed by atoms with Gasteiger partial charge in [-0.15, -0.1) is 0 Å². The zero-order valence-corrected chi connectivity index (χ0v) is 12.0. The maximum absolute atomic E-state index is 13.0. The van der Waals surface area contributed by atoms with E-state index in [2.05, 4.69) is 10.2 Å². The van der Waals surface area contributed by atoms with Gasteiger partial charge in [-0.25, -0.2) is 4.39 Å². The maximum atomic E-state index is 13.0. The van der Waals surface area contributed by atoms with Crippen molar-refractivity contribution < 1.29 is 9.18 Å². The third kappa shape index (κ3) is 2.90. The van der Waals surface area contributed by atoms with Crippen molar-refractivity contribution in [3.8, 4) is 0 Å². The number of nitrogens with zero attached hydrogens (tertiary/aromatic N) is 4. The molecule has 21 heavy (non-hydrogen) atoms. The molecule has 110 valence electrons. The van der Waals surface area contributed by atoms with Crippen molar-refractivity contribution in [3.05, 3.63) is 47.0 Å². The number of rotatable bonds is 2. The van der Waals surface area contributed by atoms with Crippen LogP contribution in [-0.2, 0) is 0 Å². The molecule has 0 bridgehead atoms. The summed E-state index contributed by atoms with van der Waals surface area (Å²) in [6, 6.07) is 4.06. The van der Waals surface area contributed by atoms with Gasteiger partial charge in [-0.2, -0.15) is 15.0 Å². The Morgan fingerprint density at radius 1 is 1.24 bits per heavy atom. The Balaban J connectivity index is 1.67. The highest BCUT2D eigenvalue weighted by molar-refractivity contribution is 6.33. The molecule has 2 heterocycles. The fourth-order valence-corrected chi connectivity index (χ4v) is 2.80. The van der Waals surface area contributed by atoms with Crippen molar-refractivity contribution in [2.75, 3.05) is 13.1 Å². The Labute approximate surface area is 126 Å². The molecule has 2 aromatic rings. The predicted molar refractivity (Wildman–Crippen MR) is 75.6 cm³/mol. The Bertz CT molecular complexity index is 638. The fraction of sp³-hybridized carbons (Fsp3) is 0.357. The van der Waals surface area contributed by atoms with E-state index in [1.165, 1.54) is 12.1 Å². The molecule has 0 saturated carbocycles. The summed E-state index contributed by atoms with van der Waals surface area (Å²) < 4.78 is 13.0. The minimum absolute atomic E-state index is 0.149. The van der Waals surface area contributed by atoms with E-state index in [1.807, 2.05) is 0 Å². The van der Waals surface area contributed by atoms with Crippen LogP contribution in [0.4, 0.5) is 4.39 Å². The zero-order chi connectivity index (χ0) is 14.8. The molecule has 7 heteroatoms. The Morgan fingerprint density at radius 3 is 2.52 bits per heavy atom. The number of piperidine rings is 1. The molecule has 1 saturated heterocycles. The first-order valence-corrected chi connectivity index (χ1v) is 7.13. The summed E-state index contributed by atoms with van der Waals surface area (Å²) in [6.07, 6.45) is 4.88. The molecule has 0 unspecified atom stereocenters. The van der Waals surface area contributed by atoms with Crippen LogP contribution in [0.25, 0.3) is 0 Å². The van der Waals surface area contributed by atoms with E-state index in [0.29, 0.717) is 18.7 Å². The molecule has 1 aromatic carbocycles. The molecule has 0 radical (unpaired) electrons. The summed E-state index contributed by atoms with van der Waals surface area (Å²) in [6.45, 7) is 1.22. The van der Waals surface area contributed by atoms with Gasteiger partial charge in [0.25, 0.3) is 5.91 Å². The van der Waals surface area contributed by atoms with E-state index in [1.54, 1.807) is 22.1 Å². The molecule has 5 nitrogen and oxygen atoms in total. The van der Waals surface area contributed by atoms with E-state index < -0.39 is 5.82 Å². The van der Waals surface area contributed by atoms with E-state index >= 15 is 0 Å². The van der Waals surface area contributed by atoms with Crippen LogP contribution >= 0.6 is 11.6 Å². The molecule has 0 atom stereocenters. The van der Waals surface area contributed by atoms with Crippen LogP contribution in [0.2, 0.25) is 5.02 Å². The molecule has 0 aliphatic carbocycles. The number of benzene rings is 1. The lowest BCUT2D eigenvalue weighted by molar-refractivity contribution is 0.0684. The highest BCUT2D eigenvalue weighted by atomic mass is 35.5. The second-order valence-electron chi connectivity index (χ2n) is 5.00. The van der Waals surface area contributed by atoms with Crippen LogP contribution < -0.4 is 0 Å². The van der Waals surface area contributed by atoms with Gasteiger partial charge in [-0.1, -0.05) is 11.6 Å². The minimum Gasteiger partial charge on any atom is -0.338 e. The first kappa shape index (κ1) is 14.0. The molecule has 1 amide bonds. The average molecular weight is 309 g/mol. The lowest BCUT2D eigenvalue weighted by Crippen LogP contribution is -2.39. The number of aromatic nitrogens is 3. The van der Waals surface area contributed by atoms with Gasteiger partial charge in [-0.05, 0) is 31.0 Å². The molecule has 1 fully saturated rings. The monoisotopic (exact) mass is 308 g/mol. The Hall–Kier alpha value is -1.95. The number of hydrogen-bond acceptors (Lipinski definition) is 3. The molecular formula is C14H14ClFN4O. The Kier molecular flexibility index (Phi) is 3.88. The SMILES string of the molecule is O=C(c1ccc(F)cc1Cl)N1CCC(n2nccn2)CC1. The van der Waals surface area contributed by atoms with Gasteiger partial charge < -0.3 is 4.90 Å². The van der Waals surface area contributed by atoms with E-state index in [4.69, 9.17) is 11.6 Å². The van der Waals surface area contributed by atoms with Gasteiger partial charge in [0, 0.05) is 13.1 Å². The first-order valence-electron chi connectivity index (χ1n) is 6.75. The third-order valence-electron chi connectivity index (χ3n) is 3.68. The van der Waals surface area contributed by atoms with Crippen molar-refractivity contribution in [1.82, 2.24) is 19.9 Å². The number of carbonyl (C=O) groups excluding carboxylic acids is 1. The predicted octanol–water partition coefficient (Wildman–Crippen LogP) is 2.55. The van der Waals surface area contributed by atoms with Crippen LogP contribution in [0, 0.1) is 5.82 Å². The number of amides is 1. The van der Waals surface area contributed by atoms with Crippen LogP contribution in [-0.4, -0.2) is 38.9 Å². The van der Waals surface area contributed by atoms with Crippen molar-refractivity contribution in [1.29, 1.82) is 0 Å². The standard InChI is InChI=1S/C14H14ClFN4O/c15-13-9-10(16)1-2-12(13)14(21)19-7-3-11(4-8-19)20-17-5-6-18-20/h1-2,5-6,9,11H,3-4,7-8H2. The van der Waals surface area contributed by atoms with Crippen molar-refractivity contribution in [2.24, 2.45) is 0 Å². The zero-order valence-electron chi connectivity index (χ0n) is 11.2. The molecule has 1 aliphatic heterocycles. The largest absolute Gasteiger partial charge is 0.338 e. The number of carbonyl (C=O) groups is 1. The van der Waals surface area contributed by atoms with Gasteiger partial charge in [0.05, 0.1) is 29.0 Å². The van der Waals surface area contributed by atoms with Crippen molar-refractivity contribution in [2.45, 2.75) is 18.9 Å². The van der Waals surface area contributed by atoms with Gasteiger partial charge in [0.1, 0.15) is 5.82 Å². The summed E-state index contributed by atoms with van der Waals surface area (Å²) >= 11 is 5.94. The second-order valence-corrected chi connectivity index (χ2v) is 5.40. The molecule has 3 rings (SSSR count).